The maximum Gasteiger partial charge on any atom is 0.350 e. The molecule has 0 radical (unpaired) electrons. The first-order chi connectivity index (χ1) is 10.4. The molecule has 22 heavy (non-hydrogen) atoms. The van der Waals surface area contributed by atoms with Gasteiger partial charge in [-0.2, -0.15) is 0 Å². The van der Waals surface area contributed by atoms with E-state index >= 15 is 0 Å². The third-order valence-corrected chi connectivity index (χ3v) is 4.10. The van der Waals surface area contributed by atoms with E-state index in [-0.39, 0.29) is 18.1 Å². The molecule has 0 bridgehead atoms. The molecule has 0 spiro atoms. The van der Waals surface area contributed by atoms with Crippen LogP contribution in [-0.2, 0) is 11.1 Å². The topological polar surface area (TPSA) is 109 Å². The predicted molar refractivity (Wildman–Crippen MR) is 79.6 cm³/mol. The Morgan fingerprint density at radius 2 is 2.00 bits per heavy atom. The second-order valence-electron chi connectivity index (χ2n) is 4.57. The second kappa shape index (κ2) is 6.89. The van der Waals surface area contributed by atoms with Crippen LogP contribution in [0, 0.1) is 0 Å². The highest BCUT2D eigenvalue weighted by molar-refractivity contribution is 7.52. The van der Waals surface area contributed by atoms with E-state index in [1.807, 2.05) is 30.3 Å². The summed E-state index contributed by atoms with van der Waals surface area (Å²) in [5, 5.41) is 2.72. The molecule has 0 amide bonds. The number of methoxy groups -OCH3 is 1. The molecule has 1 unspecified atom stereocenters. The highest BCUT2D eigenvalue weighted by Gasteiger charge is 2.32. The minimum absolute atomic E-state index is 0.0312. The number of nitrogens with one attached hydrogen (secondary N) is 1. The Kier molecular flexibility index (Phi) is 5.15. The predicted octanol–water partition coefficient (Wildman–Crippen LogP) is 1.61. The van der Waals surface area contributed by atoms with Crippen molar-refractivity contribution in [3.05, 3.63) is 64.2 Å². The molecule has 0 aliphatic heterocycles. The van der Waals surface area contributed by atoms with Crippen molar-refractivity contribution < 1.29 is 23.5 Å². The Morgan fingerprint density at radius 1 is 1.32 bits per heavy atom. The summed E-state index contributed by atoms with van der Waals surface area (Å²) in [6.07, 6.45) is 1.03. The maximum atomic E-state index is 11.7. The van der Waals surface area contributed by atoms with Gasteiger partial charge in [-0.3, -0.25) is 14.7 Å². The normalized spacial score (nSPS) is 12.9. The molecule has 8 heteroatoms. The first-order valence-electron chi connectivity index (χ1n) is 6.41. The summed E-state index contributed by atoms with van der Waals surface area (Å²) in [7, 11) is -3.26. The zero-order valence-corrected chi connectivity index (χ0v) is 12.7. The van der Waals surface area contributed by atoms with Gasteiger partial charge in [0.1, 0.15) is 12.0 Å². The average Bonchev–Trinajstić information content (AvgIpc) is 2.47. The fourth-order valence-electron chi connectivity index (χ4n) is 1.90. The molecule has 0 aliphatic rings. The largest absolute Gasteiger partial charge is 0.490 e. The Balaban J connectivity index is 2.25. The van der Waals surface area contributed by atoms with Crippen LogP contribution in [0.3, 0.4) is 0 Å². The molecule has 1 aromatic heterocycles. The second-order valence-corrected chi connectivity index (χ2v) is 6.27. The molecule has 3 N–H and O–H groups in total. The molecule has 0 aliphatic carbocycles. The summed E-state index contributed by atoms with van der Waals surface area (Å²) in [6, 6.07) is 10.1. The molecule has 0 saturated heterocycles. The van der Waals surface area contributed by atoms with Crippen molar-refractivity contribution in [2.24, 2.45) is 0 Å². The van der Waals surface area contributed by atoms with Crippen molar-refractivity contribution in [1.29, 1.82) is 0 Å². The van der Waals surface area contributed by atoms with Gasteiger partial charge in [0, 0.05) is 12.6 Å². The third kappa shape index (κ3) is 4.05. The van der Waals surface area contributed by atoms with E-state index in [0.717, 1.165) is 17.9 Å². The molecular formula is C14H16NO6P. The van der Waals surface area contributed by atoms with Gasteiger partial charge in [-0.1, -0.05) is 30.3 Å². The molecule has 1 atom stereocenters. The number of hydrogen-bond donors (Lipinski definition) is 3. The maximum absolute atomic E-state index is 11.7. The van der Waals surface area contributed by atoms with Crippen molar-refractivity contribution in [2.75, 3.05) is 7.11 Å². The Bertz CT molecular complexity index is 724. The zero-order chi connectivity index (χ0) is 16.2. The lowest BCUT2D eigenvalue weighted by Crippen LogP contribution is -2.22. The number of hydrogen-bond acceptors (Lipinski definition) is 5. The Hall–Kier alpha value is -1.92. The Morgan fingerprint density at radius 3 is 2.55 bits per heavy atom. The molecule has 2 aromatic rings. The summed E-state index contributed by atoms with van der Waals surface area (Å²) in [6.45, 7) is 0.215. The van der Waals surface area contributed by atoms with Crippen LogP contribution < -0.4 is 15.5 Å². The summed E-state index contributed by atoms with van der Waals surface area (Å²) in [5.74, 6) is -1.59. The van der Waals surface area contributed by atoms with Crippen LogP contribution in [0.4, 0.5) is 0 Å². The number of ether oxygens (including phenoxy) is 1. The molecular weight excluding hydrogens is 309 g/mol. The lowest BCUT2D eigenvalue weighted by Gasteiger charge is -2.19. The van der Waals surface area contributed by atoms with E-state index in [1.165, 1.54) is 7.11 Å². The minimum Gasteiger partial charge on any atom is -0.490 e. The monoisotopic (exact) mass is 325 g/mol. The van der Waals surface area contributed by atoms with Gasteiger partial charge < -0.3 is 18.9 Å². The standard InChI is InChI=1S/C14H16NO6P/c1-20-13-9-21-12(7-11(13)16)14(22(17,18)19)15-8-10-5-3-2-4-6-10/h2-7,9,14-15H,8H2,1H3,(H2,17,18,19). The van der Waals surface area contributed by atoms with E-state index in [0.29, 0.717) is 0 Å². The van der Waals surface area contributed by atoms with Crippen molar-refractivity contribution in [2.45, 2.75) is 12.3 Å². The molecule has 1 heterocycles. The lowest BCUT2D eigenvalue weighted by molar-refractivity contribution is 0.324. The van der Waals surface area contributed by atoms with Crippen molar-refractivity contribution >= 4 is 7.60 Å². The van der Waals surface area contributed by atoms with Crippen LogP contribution in [0.25, 0.3) is 0 Å². The highest BCUT2D eigenvalue weighted by Crippen LogP contribution is 2.49. The fraction of sp³-hybridized carbons (Fsp3) is 0.214. The Labute approximate surface area is 126 Å². The molecule has 0 saturated carbocycles. The molecule has 118 valence electrons. The van der Waals surface area contributed by atoms with E-state index in [9.17, 15) is 19.1 Å². The van der Waals surface area contributed by atoms with Gasteiger partial charge >= 0.3 is 7.60 Å². The quantitative estimate of drug-likeness (QED) is 0.692. The first-order valence-corrected chi connectivity index (χ1v) is 8.09. The first kappa shape index (κ1) is 16.5. The van der Waals surface area contributed by atoms with Gasteiger partial charge in [0.25, 0.3) is 0 Å². The van der Waals surface area contributed by atoms with Gasteiger partial charge in [-0.25, -0.2) is 0 Å². The van der Waals surface area contributed by atoms with Crippen LogP contribution in [0.5, 0.6) is 5.75 Å². The molecule has 1 aromatic carbocycles. The smallest absolute Gasteiger partial charge is 0.350 e. The van der Waals surface area contributed by atoms with E-state index < -0.39 is 18.8 Å². The van der Waals surface area contributed by atoms with E-state index in [2.05, 4.69) is 5.32 Å². The van der Waals surface area contributed by atoms with Crippen molar-refractivity contribution in [3.8, 4) is 5.75 Å². The van der Waals surface area contributed by atoms with Gasteiger partial charge in [0.05, 0.1) is 7.11 Å². The van der Waals surface area contributed by atoms with Crippen LogP contribution in [0.15, 0.2) is 51.9 Å². The average molecular weight is 325 g/mol. The summed E-state index contributed by atoms with van der Waals surface area (Å²) < 4.78 is 21.6. The van der Waals surface area contributed by atoms with E-state index in [1.54, 1.807) is 0 Å². The molecule has 0 fully saturated rings. The van der Waals surface area contributed by atoms with Crippen LogP contribution in [-0.4, -0.2) is 16.9 Å². The van der Waals surface area contributed by atoms with Crippen LogP contribution in [0.2, 0.25) is 0 Å². The highest BCUT2D eigenvalue weighted by atomic mass is 31.2. The van der Waals surface area contributed by atoms with Gasteiger partial charge in [0.15, 0.2) is 5.78 Å². The van der Waals surface area contributed by atoms with Crippen molar-refractivity contribution in [3.63, 3.8) is 0 Å². The molecule has 7 nitrogen and oxygen atoms in total. The van der Waals surface area contributed by atoms with E-state index in [4.69, 9.17) is 9.15 Å². The third-order valence-electron chi connectivity index (χ3n) is 2.99. The van der Waals surface area contributed by atoms with Gasteiger partial charge in [-0.15, -0.1) is 0 Å². The summed E-state index contributed by atoms with van der Waals surface area (Å²) >= 11 is 0. The van der Waals surface area contributed by atoms with Crippen LogP contribution >= 0.6 is 7.60 Å². The van der Waals surface area contributed by atoms with Crippen molar-refractivity contribution in [1.82, 2.24) is 5.32 Å². The minimum atomic E-state index is -4.56. The summed E-state index contributed by atoms with van der Waals surface area (Å²) in [4.78, 5) is 30.7. The van der Waals surface area contributed by atoms with Gasteiger partial charge in [-0.05, 0) is 5.56 Å². The zero-order valence-electron chi connectivity index (χ0n) is 11.8. The SMILES string of the molecule is COc1coc(C(NCc2ccccc2)P(=O)(O)O)cc1=O. The number of rotatable bonds is 6. The number of benzene rings is 1. The van der Waals surface area contributed by atoms with Crippen LogP contribution in [0.1, 0.15) is 17.1 Å². The molecule has 2 rings (SSSR count). The summed E-state index contributed by atoms with van der Waals surface area (Å²) in [5.41, 5.74) is 0.334. The van der Waals surface area contributed by atoms with Gasteiger partial charge in [0.2, 0.25) is 11.2 Å². The fourth-order valence-corrected chi connectivity index (χ4v) is 2.70. The lowest BCUT2D eigenvalue weighted by atomic mass is 10.2.